The Balaban J connectivity index is 0.00000128. The maximum Gasteiger partial charge on any atom is 0.303 e. The first-order chi connectivity index (χ1) is 7.00. The average molecular weight is 293 g/mol. The van der Waals surface area contributed by atoms with E-state index in [1.54, 1.807) is 0 Å². The molecule has 0 aromatic heterocycles. The van der Waals surface area contributed by atoms with Crippen LogP contribution >= 0.6 is 0 Å². The van der Waals surface area contributed by atoms with Crippen LogP contribution in [0.2, 0.25) is 0 Å². The van der Waals surface area contributed by atoms with Gasteiger partial charge in [-0.15, -0.1) is 0 Å². The van der Waals surface area contributed by atoms with Gasteiger partial charge < -0.3 is 5.11 Å². The van der Waals surface area contributed by atoms with Crippen molar-refractivity contribution in [2.75, 3.05) is 0 Å². The zero-order chi connectivity index (χ0) is 11.2. The van der Waals surface area contributed by atoms with Crippen molar-refractivity contribution in [1.82, 2.24) is 0 Å². The van der Waals surface area contributed by atoms with Gasteiger partial charge in [-0.1, -0.05) is 6.07 Å². The Morgan fingerprint density at radius 1 is 1.38 bits per heavy atom. The monoisotopic (exact) mass is 293 g/mol. The number of carboxylic acids is 1. The van der Waals surface area contributed by atoms with E-state index < -0.39 is 5.97 Å². The normalized spacial score (nSPS) is 17.1. The van der Waals surface area contributed by atoms with Crippen LogP contribution < -0.4 is 0 Å². The largest absolute Gasteiger partial charge is 0.481 e. The molecule has 2 rings (SSSR count). The van der Waals surface area contributed by atoms with Crippen molar-refractivity contribution in [3.63, 3.8) is 0 Å². The van der Waals surface area contributed by atoms with E-state index in [1.165, 1.54) is 27.8 Å². The maximum absolute atomic E-state index is 10.6. The van der Waals surface area contributed by atoms with Crippen molar-refractivity contribution in [2.24, 2.45) is 0 Å². The summed E-state index contributed by atoms with van der Waals surface area (Å²) in [5.41, 5.74) is 6.62. The number of carbonyl (C=O) groups is 1. The minimum atomic E-state index is -0.693. The Labute approximate surface area is 121 Å². The SMILES string of the molecule is Cc1cc2c(c(C)c1C)CC2CC(=O)O.[Y]. The van der Waals surface area contributed by atoms with Gasteiger partial charge in [-0.25, -0.2) is 0 Å². The van der Waals surface area contributed by atoms with Gasteiger partial charge in [0.15, 0.2) is 0 Å². The smallest absolute Gasteiger partial charge is 0.303 e. The number of aryl methyl sites for hydroxylation is 1. The molecule has 0 saturated carbocycles. The van der Waals surface area contributed by atoms with E-state index in [9.17, 15) is 4.79 Å². The fourth-order valence-electron chi connectivity index (χ4n) is 2.42. The van der Waals surface area contributed by atoms with Gasteiger partial charge in [-0.2, -0.15) is 0 Å². The number of fused-ring (bicyclic) bond motifs is 1. The van der Waals surface area contributed by atoms with Crippen molar-refractivity contribution < 1.29 is 42.6 Å². The molecule has 2 nitrogen and oxygen atoms in total. The summed E-state index contributed by atoms with van der Waals surface area (Å²) in [6, 6.07) is 2.16. The Kier molecular flexibility index (Phi) is 4.31. The molecule has 1 aliphatic rings. The molecule has 0 saturated heterocycles. The summed E-state index contributed by atoms with van der Waals surface area (Å²) in [5.74, 6) is -0.447. The molecule has 1 aromatic rings. The molecule has 0 amide bonds. The second-order valence-corrected chi connectivity index (χ2v) is 4.51. The van der Waals surface area contributed by atoms with Crippen LogP contribution in [0.4, 0.5) is 0 Å². The quantitative estimate of drug-likeness (QED) is 0.910. The van der Waals surface area contributed by atoms with E-state index in [2.05, 4.69) is 26.8 Å². The number of benzene rings is 1. The second-order valence-electron chi connectivity index (χ2n) is 4.51. The Hall–Kier alpha value is -0.206. The van der Waals surface area contributed by atoms with Gasteiger partial charge in [0.1, 0.15) is 0 Å². The van der Waals surface area contributed by atoms with Gasteiger partial charge in [0, 0.05) is 32.7 Å². The molecule has 0 fully saturated rings. The average Bonchev–Trinajstić information content (AvgIpc) is 2.15. The molecule has 1 radical (unpaired) electrons. The van der Waals surface area contributed by atoms with Crippen molar-refractivity contribution >= 4 is 5.97 Å². The molecule has 1 unspecified atom stereocenters. The van der Waals surface area contributed by atoms with Crippen molar-refractivity contribution in [3.8, 4) is 0 Å². The van der Waals surface area contributed by atoms with E-state index in [0.717, 1.165) is 6.42 Å². The molecule has 83 valence electrons. The predicted molar refractivity (Wildman–Crippen MR) is 59.4 cm³/mol. The molecular formula is C13H16O2Y. The molecule has 3 heteroatoms. The molecule has 1 aromatic carbocycles. The van der Waals surface area contributed by atoms with Crippen LogP contribution in [0.25, 0.3) is 0 Å². The van der Waals surface area contributed by atoms with Gasteiger partial charge in [-0.05, 0) is 60.9 Å². The summed E-state index contributed by atoms with van der Waals surface area (Å²) in [6.07, 6.45) is 1.21. The maximum atomic E-state index is 10.6. The summed E-state index contributed by atoms with van der Waals surface area (Å²) >= 11 is 0. The first-order valence-corrected chi connectivity index (χ1v) is 5.32. The van der Waals surface area contributed by atoms with Gasteiger partial charge in [0.25, 0.3) is 0 Å². The molecule has 0 aliphatic heterocycles. The van der Waals surface area contributed by atoms with Crippen molar-refractivity contribution in [1.29, 1.82) is 0 Å². The molecule has 1 atom stereocenters. The third kappa shape index (κ3) is 2.23. The molecule has 16 heavy (non-hydrogen) atoms. The zero-order valence-electron chi connectivity index (χ0n) is 10.0. The van der Waals surface area contributed by atoms with Crippen molar-refractivity contribution in [2.45, 2.75) is 39.5 Å². The first-order valence-electron chi connectivity index (χ1n) is 5.32. The summed E-state index contributed by atoms with van der Waals surface area (Å²) < 4.78 is 0. The zero-order valence-corrected chi connectivity index (χ0v) is 12.8. The molecule has 1 N–H and O–H groups in total. The Bertz CT molecular complexity index is 438. The van der Waals surface area contributed by atoms with Gasteiger partial charge >= 0.3 is 5.97 Å². The van der Waals surface area contributed by atoms with Gasteiger partial charge in [0.2, 0.25) is 0 Å². The number of hydrogen-bond acceptors (Lipinski definition) is 1. The van der Waals surface area contributed by atoms with Crippen molar-refractivity contribution in [3.05, 3.63) is 33.9 Å². The predicted octanol–water partition coefficient (Wildman–Crippen LogP) is 2.72. The number of rotatable bonds is 2. The first kappa shape index (κ1) is 13.9. The van der Waals surface area contributed by atoms with E-state index in [-0.39, 0.29) is 45.0 Å². The summed E-state index contributed by atoms with van der Waals surface area (Å²) in [6.45, 7) is 6.37. The number of aliphatic carboxylic acids is 1. The van der Waals surface area contributed by atoms with E-state index in [0.29, 0.717) is 0 Å². The van der Waals surface area contributed by atoms with Crippen LogP contribution in [-0.4, -0.2) is 11.1 Å². The summed E-state index contributed by atoms with van der Waals surface area (Å²) in [7, 11) is 0. The molecular weight excluding hydrogens is 277 g/mol. The Morgan fingerprint density at radius 3 is 2.56 bits per heavy atom. The summed E-state index contributed by atoms with van der Waals surface area (Å²) in [4.78, 5) is 10.6. The van der Waals surface area contributed by atoms with Crippen LogP contribution in [0.1, 0.15) is 40.2 Å². The summed E-state index contributed by atoms with van der Waals surface area (Å²) in [5, 5.41) is 8.77. The molecule has 0 bridgehead atoms. The van der Waals surface area contributed by atoms with Crippen LogP contribution in [0.5, 0.6) is 0 Å². The number of carboxylic acid groups (broad SMARTS) is 1. The third-order valence-corrected chi connectivity index (χ3v) is 3.64. The minimum absolute atomic E-state index is 0. The second kappa shape index (κ2) is 4.97. The fraction of sp³-hybridized carbons (Fsp3) is 0.462. The Morgan fingerprint density at radius 2 is 2.00 bits per heavy atom. The van der Waals surface area contributed by atoms with Crippen LogP contribution in [0.3, 0.4) is 0 Å². The van der Waals surface area contributed by atoms with Gasteiger partial charge in [0.05, 0.1) is 6.42 Å². The number of hydrogen-bond donors (Lipinski definition) is 1. The molecule has 0 heterocycles. The molecule has 0 spiro atoms. The van der Waals surface area contributed by atoms with Crippen LogP contribution in [0.15, 0.2) is 6.07 Å². The van der Waals surface area contributed by atoms with Gasteiger partial charge in [-0.3, -0.25) is 4.79 Å². The topological polar surface area (TPSA) is 37.3 Å². The minimum Gasteiger partial charge on any atom is -0.481 e. The standard InChI is InChI=1S/C13H16O2.Y/c1-7-4-12-10(6-13(14)15)5-11(12)9(3)8(7)2;/h4,10H,5-6H2,1-3H3,(H,14,15);. The van der Waals surface area contributed by atoms with Crippen LogP contribution in [0, 0.1) is 20.8 Å². The van der Waals surface area contributed by atoms with E-state index in [1.807, 2.05) is 0 Å². The van der Waals surface area contributed by atoms with E-state index in [4.69, 9.17) is 5.11 Å². The third-order valence-electron chi connectivity index (χ3n) is 3.64. The fourth-order valence-corrected chi connectivity index (χ4v) is 2.42. The van der Waals surface area contributed by atoms with Crippen LogP contribution in [-0.2, 0) is 43.9 Å². The van der Waals surface area contributed by atoms with E-state index >= 15 is 0 Å². The molecule has 1 aliphatic carbocycles.